The molecule has 42 valence electrons. The quantitative estimate of drug-likeness (QED) is 0.548. The molecular formula is C3H5Cl2NO. The van der Waals surface area contributed by atoms with Crippen molar-refractivity contribution in [2.45, 2.75) is 0 Å². The molecule has 0 radical (unpaired) electrons. The molecule has 0 amide bonds. The predicted molar refractivity (Wildman–Crippen MR) is 31.0 cm³/mol. The van der Waals surface area contributed by atoms with Crippen LogP contribution in [0, 0.1) is 0 Å². The van der Waals surface area contributed by atoms with Crippen LogP contribution in [0.5, 0.6) is 0 Å². The number of nitrogens with zero attached hydrogens (tertiary/aromatic N) is 1. The Bertz CT molecular complexity index is 69.4. The van der Waals surface area contributed by atoms with E-state index in [1.807, 2.05) is 0 Å². The molecule has 0 fully saturated rings. The second-order valence-electron chi connectivity index (χ2n) is 0.688. The molecule has 4 heteroatoms. The van der Waals surface area contributed by atoms with Gasteiger partial charge in [0.05, 0.1) is 6.20 Å². The lowest BCUT2D eigenvalue weighted by atomic mass is 10.8. The van der Waals surface area contributed by atoms with E-state index in [-0.39, 0.29) is 24.8 Å². The van der Waals surface area contributed by atoms with Crippen molar-refractivity contribution in [3.05, 3.63) is 18.5 Å². The van der Waals surface area contributed by atoms with Crippen LogP contribution in [-0.2, 0) is 0 Å². The summed E-state index contributed by atoms with van der Waals surface area (Å²) >= 11 is 0. The fraction of sp³-hybridized carbons (Fsp3) is 0. The van der Waals surface area contributed by atoms with Gasteiger partial charge in [-0.2, -0.15) is 0 Å². The third-order valence-electron chi connectivity index (χ3n) is 0.347. The summed E-state index contributed by atoms with van der Waals surface area (Å²) in [5.74, 6) is 0. The fourth-order valence-corrected chi connectivity index (χ4v) is 0.176. The molecule has 0 unspecified atom stereocenters. The molecule has 0 spiro atoms. The van der Waals surface area contributed by atoms with Gasteiger partial charge in [0.1, 0.15) is 6.26 Å². The Hall–Kier alpha value is -0.210. The van der Waals surface area contributed by atoms with E-state index in [1.165, 1.54) is 6.26 Å². The first-order chi connectivity index (χ1) is 2.50. The Balaban J connectivity index is 0. The molecule has 0 aliphatic carbocycles. The van der Waals surface area contributed by atoms with Gasteiger partial charge in [-0.25, -0.2) is 0 Å². The first-order valence-electron chi connectivity index (χ1n) is 1.34. The summed E-state index contributed by atoms with van der Waals surface area (Å²) in [6, 6.07) is 1.72. The Morgan fingerprint density at radius 2 is 2.00 bits per heavy atom. The predicted octanol–water partition coefficient (Wildman–Crippen LogP) is 1.52. The van der Waals surface area contributed by atoms with Crippen LogP contribution in [0.4, 0.5) is 0 Å². The number of hydrogen-bond acceptors (Lipinski definition) is 2. The SMILES string of the molecule is Cl.Cl.c1cnoc1. The molecule has 2 nitrogen and oxygen atoms in total. The van der Waals surface area contributed by atoms with Gasteiger partial charge in [-0.15, -0.1) is 24.8 Å². The minimum Gasteiger partial charge on any atom is -0.365 e. The Kier molecular flexibility index (Phi) is 8.21. The van der Waals surface area contributed by atoms with Gasteiger partial charge in [-0.05, 0) is 6.07 Å². The lowest BCUT2D eigenvalue weighted by Gasteiger charge is -1.48. The largest absolute Gasteiger partial charge is 0.365 e. The van der Waals surface area contributed by atoms with Crippen molar-refractivity contribution in [3.8, 4) is 0 Å². The van der Waals surface area contributed by atoms with Crippen LogP contribution in [0.25, 0.3) is 0 Å². The highest BCUT2D eigenvalue weighted by Gasteiger charge is 1.60. The maximum absolute atomic E-state index is 4.33. The Labute approximate surface area is 53.7 Å². The maximum Gasteiger partial charge on any atom is 0.123 e. The average Bonchev–Trinajstić information content (AvgIpc) is 1.76. The molecule has 1 rings (SSSR count). The van der Waals surface area contributed by atoms with E-state index in [2.05, 4.69) is 9.68 Å². The van der Waals surface area contributed by atoms with Gasteiger partial charge in [-0.3, -0.25) is 0 Å². The lowest BCUT2D eigenvalue weighted by Crippen LogP contribution is -1.38. The minimum atomic E-state index is 0. The van der Waals surface area contributed by atoms with E-state index < -0.39 is 0 Å². The normalized spacial score (nSPS) is 5.71. The van der Waals surface area contributed by atoms with Crippen molar-refractivity contribution in [1.29, 1.82) is 0 Å². The number of rotatable bonds is 0. The van der Waals surface area contributed by atoms with Gasteiger partial charge in [-0.1, -0.05) is 5.16 Å². The molecule has 7 heavy (non-hydrogen) atoms. The maximum atomic E-state index is 4.33. The van der Waals surface area contributed by atoms with Crippen molar-refractivity contribution in [2.75, 3.05) is 0 Å². The molecule has 1 heterocycles. The van der Waals surface area contributed by atoms with Crippen LogP contribution in [0.1, 0.15) is 0 Å². The van der Waals surface area contributed by atoms with Gasteiger partial charge in [0, 0.05) is 0 Å². The molecule has 0 atom stereocenters. The van der Waals surface area contributed by atoms with Gasteiger partial charge in [0.25, 0.3) is 0 Å². The fourth-order valence-electron chi connectivity index (χ4n) is 0.176. The van der Waals surface area contributed by atoms with E-state index in [1.54, 1.807) is 12.3 Å². The smallest absolute Gasteiger partial charge is 0.123 e. The van der Waals surface area contributed by atoms with E-state index >= 15 is 0 Å². The summed E-state index contributed by atoms with van der Waals surface area (Å²) in [5, 5.41) is 3.35. The molecule has 0 aliphatic heterocycles. The van der Waals surface area contributed by atoms with Crippen molar-refractivity contribution >= 4 is 24.8 Å². The molecule has 0 N–H and O–H groups in total. The molecule has 0 aliphatic rings. The zero-order valence-corrected chi connectivity index (χ0v) is 5.04. The monoisotopic (exact) mass is 141 g/mol. The zero-order chi connectivity index (χ0) is 3.54. The van der Waals surface area contributed by atoms with E-state index in [0.29, 0.717) is 0 Å². The highest BCUT2D eigenvalue weighted by molar-refractivity contribution is 5.85. The van der Waals surface area contributed by atoms with Gasteiger partial charge in [0.15, 0.2) is 0 Å². The molecular weight excluding hydrogens is 137 g/mol. The molecule has 1 aromatic rings. The van der Waals surface area contributed by atoms with Gasteiger partial charge in [0.2, 0.25) is 0 Å². The molecule has 0 aromatic carbocycles. The van der Waals surface area contributed by atoms with Crippen LogP contribution < -0.4 is 0 Å². The first kappa shape index (κ1) is 9.92. The van der Waals surface area contributed by atoms with Crippen LogP contribution in [-0.4, -0.2) is 5.16 Å². The van der Waals surface area contributed by atoms with Crippen LogP contribution in [0.2, 0.25) is 0 Å². The summed E-state index contributed by atoms with van der Waals surface area (Å²) in [7, 11) is 0. The zero-order valence-electron chi connectivity index (χ0n) is 3.40. The highest BCUT2D eigenvalue weighted by Crippen LogP contribution is 1.72. The molecule has 0 bridgehead atoms. The molecule has 0 saturated heterocycles. The van der Waals surface area contributed by atoms with E-state index in [4.69, 9.17) is 0 Å². The van der Waals surface area contributed by atoms with E-state index in [9.17, 15) is 0 Å². The first-order valence-corrected chi connectivity index (χ1v) is 1.34. The number of halogens is 2. The van der Waals surface area contributed by atoms with Gasteiger partial charge >= 0.3 is 0 Å². The van der Waals surface area contributed by atoms with Gasteiger partial charge < -0.3 is 4.52 Å². The lowest BCUT2D eigenvalue weighted by molar-refractivity contribution is 0.420. The Morgan fingerprint density at radius 3 is 2.14 bits per heavy atom. The second kappa shape index (κ2) is 5.79. The van der Waals surface area contributed by atoms with Crippen molar-refractivity contribution < 1.29 is 4.52 Å². The third-order valence-corrected chi connectivity index (χ3v) is 0.347. The molecule has 0 saturated carbocycles. The second-order valence-corrected chi connectivity index (χ2v) is 0.688. The van der Waals surface area contributed by atoms with Crippen molar-refractivity contribution in [2.24, 2.45) is 0 Å². The third kappa shape index (κ3) is 3.62. The van der Waals surface area contributed by atoms with Crippen molar-refractivity contribution in [1.82, 2.24) is 5.16 Å². The number of aromatic nitrogens is 1. The topological polar surface area (TPSA) is 26.0 Å². The summed E-state index contributed by atoms with van der Waals surface area (Å²) in [6.45, 7) is 0. The minimum absolute atomic E-state index is 0. The van der Waals surface area contributed by atoms with Crippen molar-refractivity contribution in [3.63, 3.8) is 0 Å². The average molecular weight is 142 g/mol. The summed E-state index contributed by atoms with van der Waals surface area (Å²) in [6.07, 6.45) is 3.10. The summed E-state index contributed by atoms with van der Waals surface area (Å²) < 4.78 is 4.33. The van der Waals surface area contributed by atoms with E-state index in [0.717, 1.165) is 0 Å². The molecule has 1 aromatic heterocycles. The highest BCUT2D eigenvalue weighted by atomic mass is 35.5. The van der Waals surface area contributed by atoms with Crippen LogP contribution in [0.3, 0.4) is 0 Å². The standard InChI is InChI=1S/C3H3NO.2ClH/c1-2-4-5-3-1;;/h1-3H;2*1H. The van der Waals surface area contributed by atoms with Crippen LogP contribution >= 0.6 is 24.8 Å². The Morgan fingerprint density at radius 1 is 1.29 bits per heavy atom. The summed E-state index contributed by atoms with van der Waals surface area (Å²) in [5.41, 5.74) is 0. The van der Waals surface area contributed by atoms with Crippen LogP contribution in [0.15, 0.2) is 23.0 Å². The summed E-state index contributed by atoms with van der Waals surface area (Å²) in [4.78, 5) is 0. The number of hydrogen-bond donors (Lipinski definition) is 0.